The number of aromatic nitrogens is 3. The van der Waals surface area contributed by atoms with Crippen LogP contribution in [-0.4, -0.2) is 57.9 Å². The van der Waals surface area contributed by atoms with Gasteiger partial charge in [-0.1, -0.05) is 43.3 Å². The Hall–Kier alpha value is -2.97. The van der Waals surface area contributed by atoms with Crippen molar-refractivity contribution >= 4 is 17.6 Å². The first-order valence-corrected chi connectivity index (χ1v) is 9.51. The summed E-state index contributed by atoms with van der Waals surface area (Å²) in [4.78, 5) is 19.0. The van der Waals surface area contributed by atoms with Crippen molar-refractivity contribution in [3.8, 4) is 0 Å². The summed E-state index contributed by atoms with van der Waals surface area (Å²) in [5, 5.41) is 9.82. The summed E-state index contributed by atoms with van der Waals surface area (Å²) in [5.41, 5.74) is 1.87. The predicted octanol–water partition coefficient (Wildman–Crippen LogP) is 2.31. The minimum Gasteiger partial charge on any atom is -0.373 e. The largest absolute Gasteiger partial charge is 0.373 e. The molecular formula is C20H24N6O2. The van der Waals surface area contributed by atoms with Gasteiger partial charge < -0.3 is 10.1 Å². The second kappa shape index (κ2) is 8.37. The minimum atomic E-state index is -0.347. The fraction of sp³-hybridized carbons (Fsp3) is 0.350. The van der Waals surface area contributed by atoms with E-state index in [4.69, 9.17) is 4.74 Å². The number of anilines is 1. The fourth-order valence-electron chi connectivity index (χ4n) is 3.61. The van der Waals surface area contributed by atoms with Gasteiger partial charge in [-0.2, -0.15) is 4.98 Å². The van der Waals surface area contributed by atoms with Crippen LogP contribution < -0.4 is 10.6 Å². The molecule has 0 aliphatic carbocycles. The van der Waals surface area contributed by atoms with E-state index >= 15 is 0 Å². The monoisotopic (exact) mass is 380 g/mol. The molecule has 2 N–H and O–H groups in total. The van der Waals surface area contributed by atoms with Gasteiger partial charge in [0, 0.05) is 19.3 Å². The standard InChI is InChI=1S/C20H24N6O2/c1-2-25-12-13-28-16(18(25)15-8-4-3-5-9-15)14-21-20(27)23-19-22-17-10-6-7-11-26(17)24-19/h3-11,16,18H,2,12-14H2,1H3,(H2,21,23,24,27)/t16-,18-/m0/s1. The van der Waals surface area contributed by atoms with Crippen LogP contribution in [0, 0.1) is 0 Å². The van der Waals surface area contributed by atoms with Gasteiger partial charge in [-0.05, 0) is 24.2 Å². The summed E-state index contributed by atoms with van der Waals surface area (Å²) in [5.74, 6) is 0.267. The maximum absolute atomic E-state index is 12.3. The number of nitrogens with zero attached hydrogens (tertiary/aromatic N) is 4. The van der Waals surface area contributed by atoms with Crippen molar-refractivity contribution in [3.05, 3.63) is 60.3 Å². The van der Waals surface area contributed by atoms with Crippen molar-refractivity contribution < 1.29 is 9.53 Å². The highest BCUT2D eigenvalue weighted by Gasteiger charge is 2.32. The van der Waals surface area contributed by atoms with E-state index < -0.39 is 0 Å². The molecule has 0 radical (unpaired) electrons. The van der Waals surface area contributed by atoms with Crippen LogP contribution >= 0.6 is 0 Å². The number of benzene rings is 1. The molecule has 2 amide bonds. The minimum absolute atomic E-state index is 0.105. The molecule has 1 aliphatic heterocycles. The van der Waals surface area contributed by atoms with Gasteiger partial charge >= 0.3 is 6.03 Å². The molecule has 28 heavy (non-hydrogen) atoms. The normalized spacial score (nSPS) is 20.2. The maximum Gasteiger partial charge on any atom is 0.321 e. The predicted molar refractivity (Wildman–Crippen MR) is 106 cm³/mol. The second-order valence-corrected chi connectivity index (χ2v) is 6.67. The zero-order valence-electron chi connectivity index (χ0n) is 15.8. The summed E-state index contributed by atoms with van der Waals surface area (Å²) in [7, 11) is 0. The molecule has 0 bridgehead atoms. The molecule has 8 nitrogen and oxygen atoms in total. The van der Waals surface area contributed by atoms with Crippen LogP contribution in [-0.2, 0) is 4.74 Å². The molecule has 146 valence electrons. The van der Waals surface area contributed by atoms with Crippen LogP contribution in [0.5, 0.6) is 0 Å². The average Bonchev–Trinajstić information content (AvgIpc) is 3.14. The van der Waals surface area contributed by atoms with Gasteiger partial charge in [0.1, 0.15) is 0 Å². The lowest BCUT2D eigenvalue weighted by molar-refractivity contribution is -0.0680. The highest BCUT2D eigenvalue weighted by atomic mass is 16.5. The Morgan fingerprint density at radius 3 is 2.82 bits per heavy atom. The van der Waals surface area contributed by atoms with Crippen molar-refractivity contribution in [3.63, 3.8) is 0 Å². The summed E-state index contributed by atoms with van der Waals surface area (Å²) >= 11 is 0. The first kappa shape index (κ1) is 18.4. The van der Waals surface area contributed by atoms with Crippen LogP contribution in [0.2, 0.25) is 0 Å². The van der Waals surface area contributed by atoms with Gasteiger partial charge in [0.25, 0.3) is 5.95 Å². The number of carbonyl (C=O) groups is 1. The van der Waals surface area contributed by atoms with Crippen LogP contribution in [0.25, 0.3) is 5.65 Å². The Morgan fingerprint density at radius 2 is 2.04 bits per heavy atom. The van der Waals surface area contributed by atoms with Gasteiger partial charge in [-0.3, -0.25) is 10.2 Å². The number of carbonyl (C=O) groups excluding carboxylic acids is 1. The number of rotatable bonds is 5. The Labute approximate surface area is 163 Å². The number of ether oxygens (including phenoxy) is 1. The molecule has 0 saturated carbocycles. The highest BCUT2D eigenvalue weighted by Crippen LogP contribution is 2.29. The third-order valence-corrected chi connectivity index (χ3v) is 4.93. The second-order valence-electron chi connectivity index (χ2n) is 6.67. The third-order valence-electron chi connectivity index (χ3n) is 4.93. The summed E-state index contributed by atoms with van der Waals surface area (Å²) in [6.07, 6.45) is 1.65. The highest BCUT2D eigenvalue weighted by molar-refractivity contribution is 5.87. The van der Waals surface area contributed by atoms with Gasteiger partial charge in [0.2, 0.25) is 0 Å². The molecule has 0 unspecified atom stereocenters. The van der Waals surface area contributed by atoms with Crippen molar-refractivity contribution in [2.45, 2.75) is 19.1 Å². The van der Waals surface area contributed by atoms with E-state index in [1.54, 1.807) is 10.7 Å². The van der Waals surface area contributed by atoms with Gasteiger partial charge in [0.05, 0.1) is 18.8 Å². The number of hydrogen-bond acceptors (Lipinski definition) is 5. The van der Waals surface area contributed by atoms with E-state index in [1.165, 1.54) is 5.56 Å². The molecule has 1 fully saturated rings. The number of hydrogen-bond donors (Lipinski definition) is 2. The van der Waals surface area contributed by atoms with Gasteiger partial charge in [-0.15, -0.1) is 5.10 Å². The summed E-state index contributed by atoms with van der Waals surface area (Å²) < 4.78 is 7.62. The first-order chi connectivity index (χ1) is 13.7. The molecule has 2 atom stereocenters. The van der Waals surface area contributed by atoms with Crippen LogP contribution in [0.4, 0.5) is 10.7 Å². The van der Waals surface area contributed by atoms with Crippen LogP contribution in [0.15, 0.2) is 54.7 Å². The molecule has 3 aromatic rings. The van der Waals surface area contributed by atoms with Crippen molar-refractivity contribution in [2.75, 3.05) is 31.6 Å². The van der Waals surface area contributed by atoms with E-state index in [0.29, 0.717) is 18.8 Å². The Balaban J connectivity index is 1.41. The van der Waals surface area contributed by atoms with E-state index in [-0.39, 0.29) is 24.1 Å². The quantitative estimate of drug-likeness (QED) is 0.710. The molecule has 1 aliphatic rings. The van der Waals surface area contributed by atoms with Crippen LogP contribution in [0.1, 0.15) is 18.5 Å². The molecule has 8 heteroatoms. The Morgan fingerprint density at radius 1 is 1.21 bits per heavy atom. The van der Waals surface area contributed by atoms with E-state index in [1.807, 2.05) is 36.4 Å². The molecule has 1 saturated heterocycles. The molecular weight excluding hydrogens is 356 g/mol. The lowest BCUT2D eigenvalue weighted by Gasteiger charge is -2.41. The smallest absolute Gasteiger partial charge is 0.321 e. The molecule has 0 spiro atoms. The zero-order chi connectivity index (χ0) is 19.3. The zero-order valence-corrected chi connectivity index (χ0v) is 15.8. The van der Waals surface area contributed by atoms with Crippen LogP contribution in [0.3, 0.4) is 0 Å². The number of amides is 2. The van der Waals surface area contributed by atoms with E-state index in [2.05, 4.69) is 44.7 Å². The number of pyridine rings is 1. The van der Waals surface area contributed by atoms with E-state index in [9.17, 15) is 4.79 Å². The molecule has 4 rings (SSSR count). The fourth-order valence-corrected chi connectivity index (χ4v) is 3.61. The third kappa shape index (κ3) is 3.97. The lowest BCUT2D eigenvalue weighted by Crippen LogP contribution is -2.50. The van der Waals surface area contributed by atoms with Gasteiger partial charge in [-0.25, -0.2) is 9.31 Å². The van der Waals surface area contributed by atoms with E-state index in [0.717, 1.165) is 13.1 Å². The van der Waals surface area contributed by atoms with Crippen molar-refractivity contribution in [2.24, 2.45) is 0 Å². The Kier molecular flexibility index (Phi) is 5.50. The van der Waals surface area contributed by atoms with Crippen molar-refractivity contribution in [1.82, 2.24) is 24.8 Å². The molecule has 3 heterocycles. The number of nitrogens with one attached hydrogen (secondary N) is 2. The summed E-state index contributed by atoms with van der Waals surface area (Å²) in [6.45, 7) is 5.00. The molecule has 2 aromatic heterocycles. The number of likely N-dealkylation sites (N-methyl/N-ethyl adjacent to an activating group) is 1. The average molecular weight is 380 g/mol. The number of fused-ring (bicyclic) bond motifs is 1. The SMILES string of the molecule is CCN1CCO[C@@H](CNC(=O)Nc2nc3ccccn3n2)[C@@H]1c1ccccc1. The molecule has 1 aromatic carbocycles. The summed E-state index contributed by atoms with van der Waals surface area (Å²) in [6, 6.07) is 15.6. The maximum atomic E-state index is 12.3. The number of morpholine rings is 1. The first-order valence-electron chi connectivity index (χ1n) is 9.51. The Bertz CT molecular complexity index is 896. The number of urea groups is 1. The van der Waals surface area contributed by atoms with Gasteiger partial charge in [0.15, 0.2) is 5.65 Å². The topological polar surface area (TPSA) is 83.8 Å². The lowest BCUT2D eigenvalue weighted by atomic mass is 9.98. The van der Waals surface area contributed by atoms with Crippen molar-refractivity contribution in [1.29, 1.82) is 0 Å².